The van der Waals surface area contributed by atoms with E-state index in [0.29, 0.717) is 0 Å². The zero-order valence-electron chi connectivity index (χ0n) is 13.3. The number of hydrogen-bond acceptors (Lipinski definition) is 3. The molecule has 1 rings (SSSR count). The molecule has 1 atom stereocenters. The molecule has 1 aromatic rings. The molecule has 0 saturated carbocycles. The van der Waals surface area contributed by atoms with Gasteiger partial charge in [-0.05, 0) is 66.1 Å². The van der Waals surface area contributed by atoms with Crippen LogP contribution >= 0.6 is 0 Å². The zero-order valence-corrected chi connectivity index (χ0v) is 13.3. The zero-order chi connectivity index (χ0) is 15.0. The first-order valence-corrected chi connectivity index (χ1v) is 7.26. The summed E-state index contributed by atoms with van der Waals surface area (Å²) in [4.78, 5) is 4.33. The molecule has 0 radical (unpaired) electrons. The lowest BCUT2D eigenvalue weighted by atomic mass is 9.75. The molecule has 0 aliphatic rings. The highest BCUT2D eigenvalue weighted by molar-refractivity contribution is 5.32. The second-order valence-corrected chi connectivity index (χ2v) is 6.02. The van der Waals surface area contributed by atoms with Crippen LogP contribution in [0.15, 0.2) is 30.3 Å². The lowest BCUT2D eigenvalue weighted by Gasteiger charge is -2.29. The van der Waals surface area contributed by atoms with Gasteiger partial charge in [0.2, 0.25) is 0 Å². The van der Waals surface area contributed by atoms with E-state index in [4.69, 9.17) is 0 Å². The quantitative estimate of drug-likeness (QED) is 0.729. The molecule has 0 N–H and O–H groups in total. The highest BCUT2D eigenvalue weighted by atomic mass is 15.1. The second kappa shape index (κ2) is 8.04. The minimum atomic E-state index is -0.360. The van der Waals surface area contributed by atoms with Gasteiger partial charge in [-0.15, -0.1) is 0 Å². The summed E-state index contributed by atoms with van der Waals surface area (Å²) < 4.78 is 0. The molecule has 0 spiro atoms. The van der Waals surface area contributed by atoms with Crippen LogP contribution < -0.4 is 0 Å². The van der Waals surface area contributed by atoms with Gasteiger partial charge >= 0.3 is 0 Å². The van der Waals surface area contributed by atoms with Crippen LogP contribution in [0.2, 0.25) is 0 Å². The Labute approximate surface area is 123 Å². The Balaban J connectivity index is 2.88. The average Bonchev–Trinajstić information content (AvgIpc) is 2.43. The second-order valence-electron chi connectivity index (χ2n) is 6.02. The molecule has 0 unspecified atom stereocenters. The van der Waals surface area contributed by atoms with Gasteiger partial charge in [-0.1, -0.05) is 30.3 Å². The Morgan fingerprint density at radius 3 is 2.05 bits per heavy atom. The maximum atomic E-state index is 9.83. The molecule has 20 heavy (non-hydrogen) atoms. The molecule has 0 aliphatic carbocycles. The first-order chi connectivity index (χ1) is 9.50. The van der Waals surface area contributed by atoms with Gasteiger partial charge in [0, 0.05) is 0 Å². The Bertz CT molecular complexity index is 420. The molecule has 110 valence electrons. The Morgan fingerprint density at radius 2 is 1.55 bits per heavy atom. The van der Waals surface area contributed by atoms with E-state index in [2.05, 4.69) is 56.2 Å². The SMILES string of the molecule is CN(C)CCC[C@](C#N)(CCN(C)C)c1ccccc1. The van der Waals surface area contributed by atoms with Crippen LogP contribution in [0.1, 0.15) is 24.8 Å². The van der Waals surface area contributed by atoms with Crippen LogP contribution in [0.3, 0.4) is 0 Å². The average molecular weight is 273 g/mol. The van der Waals surface area contributed by atoms with Gasteiger partial charge in [0.05, 0.1) is 11.5 Å². The van der Waals surface area contributed by atoms with E-state index in [1.807, 2.05) is 18.2 Å². The standard InChI is InChI=1S/C17H27N3/c1-19(2)13-8-11-17(15-18,12-14-20(3)4)16-9-6-5-7-10-16/h5-7,9-10H,8,11-14H2,1-4H3/t17-/m1/s1. The molecule has 0 aromatic heterocycles. The van der Waals surface area contributed by atoms with Crippen molar-refractivity contribution in [1.82, 2.24) is 9.80 Å². The largest absolute Gasteiger partial charge is 0.309 e. The third-order valence-electron chi connectivity index (χ3n) is 3.74. The lowest BCUT2D eigenvalue weighted by Crippen LogP contribution is -2.30. The van der Waals surface area contributed by atoms with Crippen molar-refractivity contribution in [2.24, 2.45) is 0 Å². The molecule has 3 nitrogen and oxygen atoms in total. The molecule has 0 bridgehead atoms. The van der Waals surface area contributed by atoms with Gasteiger partial charge in [-0.25, -0.2) is 0 Å². The molecule has 0 heterocycles. The summed E-state index contributed by atoms with van der Waals surface area (Å²) in [5.74, 6) is 0. The van der Waals surface area contributed by atoms with Gasteiger partial charge in [-0.3, -0.25) is 0 Å². The lowest BCUT2D eigenvalue weighted by molar-refractivity contribution is 0.320. The van der Waals surface area contributed by atoms with E-state index in [1.165, 1.54) is 0 Å². The monoisotopic (exact) mass is 273 g/mol. The van der Waals surface area contributed by atoms with Gasteiger partial charge in [0.1, 0.15) is 0 Å². The van der Waals surface area contributed by atoms with Crippen LogP contribution in [0, 0.1) is 11.3 Å². The summed E-state index contributed by atoms with van der Waals surface area (Å²) in [6, 6.07) is 12.9. The van der Waals surface area contributed by atoms with Crippen LogP contribution in [-0.4, -0.2) is 51.1 Å². The van der Waals surface area contributed by atoms with Crippen LogP contribution in [-0.2, 0) is 5.41 Å². The van der Waals surface area contributed by atoms with Gasteiger partial charge in [0.25, 0.3) is 0 Å². The van der Waals surface area contributed by atoms with Crippen molar-refractivity contribution in [2.75, 3.05) is 41.3 Å². The van der Waals surface area contributed by atoms with E-state index in [9.17, 15) is 5.26 Å². The van der Waals surface area contributed by atoms with Crippen LogP contribution in [0.5, 0.6) is 0 Å². The van der Waals surface area contributed by atoms with Crippen molar-refractivity contribution in [3.8, 4) is 6.07 Å². The van der Waals surface area contributed by atoms with E-state index in [0.717, 1.165) is 37.9 Å². The Morgan fingerprint density at radius 1 is 0.950 bits per heavy atom. The molecular weight excluding hydrogens is 246 g/mol. The number of rotatable bonds is 8. The first-order valence-electron chi connectivity index (χ1n) is 7.26. The maximum Gasteiger partial charge on any atom is 0.0835 e. The molecular formula is C17H27N3. The highest BCUT2D eigenvalue weighted by Crippen LogP contribution is 2.32. The van der Waals surface area contributed by atoms with Crippen molar-refractivity contribution in [3.63, 3.8) is 0 Å². The van der Waals surface area contributed by atoms with Gasteiger partial charge in [-0.2, -0.15) is 5.26 Å². The molecule has 0 amide bonds. The summed E-state index contributed by atoms with van der Waals surface area (Å²) in [5.41, 5.74) is 0.796. The number of nitriles is 1. The fourth-order valence-corrected chi connectivity index (χ4v) is 2.46. The summed E-state index contributed by atoms with van der Waals surface area (Å²) in [6.45, 7) is 1.96. The summed E-state index contributed by atoms with van der Waals surface area (Å²) >= 11 is 0. The van der Waals surface area contributed by atoms with E-state index < -0.39 is 0 Å². The topological polar surface area (TPSA) is 30.3 Å². The maximum absolute atomic E-state index is 9.83. The highest BCUT2D eigenvalue weighted by Gasteiger charge is 2.31. The minimum absolute atomic E-state index is 0.360. The van der Waals surface area contributed by atoms with E-state index >= 15 is 0 Å². The van der Waals surface area contributed by atoms with Crippen molar-refractivity contribution in [3.05, 3.63) is 35.9 Å². The third kappa shape index (κ3) is 4.96. The van der Waals surface area contributed by atoms with E-state index in [1.54, 1.807) is 0 Å². The van der Waals surface area contributed by atoms with Crippen LogP contribution in [0.25, 0.3) is 0 Å². The number of nitrogens with zero attached hydrogens (tertiary/aromatic N) is 3. The van der Waals surface area contributed by atoms with Gasteiger partial charge < -0.3 is 9.80 Å². The van der Waals surface area contributed by atoms with Gasteiger partial charge in [0.15, 0.2) is 0 Å². The molecule has 0 saturated heterocycles. The predicted molar refractivity (Wildman–Crippen MR) is 84.7 cm³/mol. The molecule has 0 fully saturated rings. The summed E-state index contributed by atoms with van der Waals surface area (Å²) in [6.07, 6.45) is 2.84. The smallest absolute Gasteiger partial charge is 0.0835 e. The molecule has 3 heteroatoms. The summed E-state index contributed by atoms with van der Waals surface area (Å²) in [5, 5.41) is 9.83. The molecule has 0 aliphatic heterocycles. The predicted octanol–water partition coefficient (Wildman–Crippen LogP) is 2.74. The summed E-state index contributed by atoms with van der Waals surface area (Å²) in [7, 11) is 8.28. The van der Waals surface area contributed by atoms with Crippen molar-refractivity contribution in [2.45, 2.75) is 24.7 Å². The first kappa shape index (κ1) is 16.7. The minimum Gasteiger partial charge on any atom is -0.309 e. The fraction of sp³-hybridized carbons (Fsp3) is 0.588. The fourth-order valence-electron chi connectivity index (χ4n) is 2.46. The number of benzene rings is 1. The normalized spacial score (nSPS) is 14.2. The number of hydrogen-bond donors (Lipinski definition) is 0. The van der Waals surface area contributed by atoms with Crippen molar-refractivity contribution >= 4 is 0 Å². The van der Waals surface area contributed by atoms with Crippen molar-refractivity contribution in [1.29, 1.82) is 5.26 Å². The van der Waals surface area contributed by atoms with Crippen molar-refractivity contribution < 1.29 is 0 Å². The van der Waals surface area contributed by atoms with Crippen LogP contribution in [0.4, 0.5) is 0 Å². The molecule has 1 aromatic carbocycles. The Hall–Kier alpha value is -1.37. The third-order valence-corrected chi connectivity index (χ3v) is 3.74. The Kier molecular flexibility index (Phi) is 6.70. The van der Waals surface area contributed by atoms with E-state index in [-0.39, 0.29) is 5.41 Å².